The van der Waals surface area contributed by atoms with E-state index in [9.17, 15) is 5.26 Å². The highest BCUT2D eigenvalue weighted by atomic mass is 35.5. The number of halogens is 1. The van der Waals surface area contributed by atoms with Crippen LogP contribution in [0, 0.1) is 11.3 Å². The zero-order valence-electron chi connectivity index (χ0n) is 11.7. The molecule has 0 bridgehead atoms. The number of methoxy groups -OCH3 is 1. The fourth-order valence-electron chi connectivity index (χ4n) is 2.79. The lowest BCUT2D eigenvalue weighted by atomic mass is 9.97. The van der Waals surface area contributed by atoms with E-state index in [0.29, 0.717) is 17.9 Å². The molecule has 1 unspecified atom stereocenters. The van der Waals surface area contributed by atoms with Crippen molar-refractivity contribution in [3.8, 4) is 11.8 Å². The third-order valence-corrected chi connectivity index (χ3v) is 4.08. The molecule has 1 aliphatic carbocycles. The first kappa shape index (κ1) is 13.8. The molecule has 0 heterocycles. The van der Waals surface area contributed by atoms with Crippen molar-refractivity contribution in [1.29, 1.82) is 5.26 Å². The molecule has 4 heteroatoms. The number of anilines is 1. The van der Waals surface area contributed by atoms with Gasteiger partial charge < -0.3 is 10.1 Å². The van der Waals surface area contributed by atoms with E-state index in [0.717, 1.165) is 17.0 Å². The lowest BCUT2D eigenvalue weighted by molar-refractivity contribution is 0.415. The molecule has 2 aromatic rings. The molecule has 0 spiro atoms. The van der Waals surface area contributed by atoms with E-state index in [-0.39, 0.29) is 0 Å². The maximum Gasteiger partial charge on any atom is 0.133 e. The van der Waals surface area contributed by atoms with E-state index in [1.807, 2.05) is 42.5 Å². The molecule has 0 aliphatic heterocycles. The first-order chi connectivity index (χ1) is 10.1. The maximum absolute atomic E-state index is 9.65. The summed E-state index contributed by atoms with van der Waals surface area (Å²) in [6, 6.07) is 15.9. The Labute approximate surface area is 129 Å². The fraction of sp³-hybridized carbons (Fsp3) is 0.235. The first-order valence-corrected chi connectivity index (χ1v) is 7.13. The molecule has 1 N–H and O–H groups in total. The molecule has 0 amide bonds. The van der Waals surface area contributed by atoms with Gasteiger partial charge in [-0.15, -0.1) is 0 Å². The quantitative estimate of drug-likeness (QED) is 0.937. The number of ether oxygens (including phenoxy) is 1. The molecule has 0 aromatic heterocycles. The van der Waals surface area contributed by atoms with Crippen molar-refractivity contribution in [2.24, 2.45) is 0 Å². The van der Waals surface area contributed by atoms with Crippen molar-refractivity contribution < 1.29 is 4.74 Å². The Morgan fingerprint density at radius 1 is 1.14 bits per heavy atom. The number of nitrogens with one attached hydrogen (secondary N) is 1. The van der Waals surface area contributed by atoms with Crippen LogP contribution in [0.3, 0.4) is 0 Å². The van der Waals surface area contributed by atoms with Gasteiger partial charge >= 0.3 is 0 Å². The van der Waals surface area contributed by atoms with Crippen molar-refractivity contribution in [1.82, 2.24) is 0 Å². The number of rotatable bonds is 3. The number of nitrogens with zero attached hydrogens (tertiary/aromatic N) is 1. The zero-order valence-corrected chi connectivity index (χ0v) is 12.4. The standard InChI is InChI=1S/C17H15ClN2O/c1-21-16-6-4-15(5-7-16)20-17(11-19)9-12-2-3-14(18)8-13(12)10-17/h2-8,20H,9-10H2,1H3. The largest absolute Gasteiger partial charge is 0.497 e. The van der Waals surface area contributed by atoms with E-state index in [1.54, 1.807) is 7.11 Å². The molecular weight excluding hydrogens is 284 g/mol. The van der Waals surface area contributed by atoms with Gasteiger partial charge in [-0.05, 0) is 47.5 Å². The number of hydrogen-bond acceptors (Lipinski definition) is 3. The zero-order chi connectivity index (χ0) is 14.9. The predicted molar refractivity (Wildman–Crippen MR) is 83.8 cm³/mol. The van der Waals surface area contributed by atoms with Crippen LogP contribution in [0.5, 0.6) is 5.75 Å². The molecule has 3 rings (SSSR count). The van der Waals surface area contributed by atoms with Gasteiger partial charge in [0.2, 0.25) is 0 Å². The van der Waals surface area contributed by atoms with Crippen molar-refractivity contribution in [2.75, 3.05) is 12.4 Å². The van der Waals surface area contributed by atoms with Crippen LogP contribution in [0.2, 0.25) is 5.02 Å². The molecule has 1 aliphatic rings. The van der Waals surface area contributed by atoms with Crippen LogP contribution in [0.25, 0.3) is 0 Å². The summed E-state index contributed by atoms with van der Waals surface area (Å²) < 4.78 is 5.15. The Morgan fingerprint density at radius 3 is 2.52 bits per heavy atom. The summed E-state index contributed by atoms with van der Waals surface area (Å²) in [5.41, 5.74) is 2.63. The maximum atomic E-state index is 9.65. The van der Waals surface area contributed by atoms with Crippen LogP contribution in [-0.4, -0.2) is 12.6 Å². The van der Waals surface area contributed by atoms with Gasteiger partial charge in [0.25, 0.3) is 0 Å². The summed E-state index contributed by atoms with van der Waals surface area (Å²) in [7, 11) is 1.64. The average Bonchev–Trinajstić information content (AvgIpc) is 2.86. The lowest BCUT2D eigenvalue weighted by Gasteiger charge is -2.23. The Balaban J connectivity index is 1.84. The molecule has 0 saturated carbocycles. The van der Waals surface area contributed by atoms with Crippen molar-refractivity contribution in [3.05, 3.63) is 58.6 Å². The average molecular weight is 299 g/mol. The van der Waals surface area contributed by atoms with Crippen LogP contribution < -0.4 is 10.1 Å². The van der Waals surface area contributed by atoms with Gasteiger partial charge in [-0.1, -0.05) is 17.7 Å². The van der Waals surface area contributed by atoms with E-state index in [1.165, 1.54) is 5.56 Å². The van der Waals surface area contributed by atoms with Crippen LogP contribution in [-0.2, 0) is 12.8 Å². The molecule has 106 valence electrons. The van der Waals surface area contributed by atoms with Gasteiger partial charge in [0.05, 0.1) is 13.2 Å². The summed E-state index contributed by atoms with van der Waals surface area (Å²) in [5, 5.41) is 13.7. The monoisotopic (exact) mass is 298 g/mol. The molecule has 0 saturated heterocycles. The molecule has 0 fully saturated rings. The Bertz CT molecular complexity index is 706. The summed E-state index contributed by atoms with van der Waals surface area (Å²) in [6.07, 6.45) is 1.34. The van der Waals surface area contributed by atoms with Gasteiger partial charge in [0, 0.05) is 23.6 Å². The topological polar surface area (TPSA) is 45.0 Å². The minimum Gasteiger partial charge on any atom is -0.497 e. The van der Waals surface area contributed by atoms with Crippen molar-refractivity contribution >= 4 is 17.3 Å². The second kappa shape index (κ2) is 5.31. The minimum atomic E-state index is -0.610. The molecule has 0 radical (unpaired) electrons. The number of hydrogen-bond donors (Lipinski definition) is 1. The number of nitriles is 1. The van der Waals surface area contributed by atoms with Crippen LogP contribution in [0.1, 0.15) is 11.1 Å². The van der Waals surface area contributed by atoms with Gasteiger partial charge in [-0.25, -0.2) is 0 Å². The third-order valence-electron chi connectivity index (χ3n) is 3.84. The highest BCUT2D eigenvalue weighted by Crippen LogP contribution is 2.34. The lowest BCUT2D eigenvalue weighted by Crippen LogP contribution is -2.37. The molecule has 1 atom stereocenters. The van der Waals surface area contributed by atoms with E-state index in [4.69, 9.17) is 16.3 Å². The summed E-state index contributed by atoms with van der Waals surface area (Å²) in [4.78, 5) is 0. The second-order valence-corrected chi connectivity index (χ2v) is 5.75. The minimum absolute atomic E-state index is 0.610. The molecule has 21 heavy (non-hydrogen) atoms. The second-order valence-electron chi connectivity index (χ2n) is 5.31. The highest BCUT2D eigenvalue weighted by Gasteiger charge is 2.37. The van der Waals surface area contributed by atoms with Gasteiger partial charge in [-0.3, -0.25) is 0 Å². The van der Waals surface area contributed by atoms with Crippen molar-refractivity contribution in [2.45, 2.75) is 18.4 Å². The molecular formula is C17H15ClN2O. The van der Waals surface area contributed by atoms with E-state index < -0.39 is 5.54 Å². The van der Waals surface area contributed by atoms with Gasteiger partial charge in [-0.2, -0.15) is 5.26 Å². The van der Waals surface area contributed by atoms with Gasteiger partial charge in [0.1, 0.15) is 11.3 Å². The van der Waals surface area contributed by atoms with Crippen LogP contribution in [0.4, 0.5) is 5.69 Å². The normalized spacial score (nSPS) is 19.7. The highest BCUT2D eigenvalue weighted by molar-refractivity contribution is 6.30. The van der Waals surface area contributed by atoms with Crippen molar-refractivity contribution in [3.63, 3.8) is 0 Å². The number of fused-ring (bicyclic) bond motifs is 1. The summed E-state index contributed by atoms with van der Waals surface area (Å²) in [5.74, 6) is 0.799. The number of benzene rings is 2. The van der Waals surface area contributed by atoms with Crippen LogP contribution >= 0.6 is 11.6 Å². The Kier molecular flexibility index (Phi) is 3.48. The predicted octanol–water partition coefficient (Wildman–Crippen LogP) is 3.82. The Hall–Kier alpha value is -2.18. The smallest absolute Gasteiger partial charge is 0.133 e. The van der Waals surface area contributed by atoms with E-state index >= 15 is 0 Å². The van der Waals surface area contributed by atoms with Crippen LogP contribution in [0.15, 0.2) is 42.5 Å². The third kappa shape index (κ3) is 2.68. The Morgan fingerprint density at radius 2 is 1.86 bits per heavy atom. The van der Waals surface area contributed by atoms with E-state index in [2.05, 4.69) is 11.4 Å². The first-order valence-electron chi connectivity index (χ1n) is 6.75. The fourth-order valence-corrected chi connectivity index (χ4v) is 2.98. The summed E-state index contributed by atoms with van der Waals surface area (Å²) >= 11 is 6.04. The summed E-state index contributed by atoms with van der Waals surface area (Å²) in [6.45, 7) is 0. The molecule has 2 aromatic carbocycles. The molecule has 3 nitrogen and oxygen atoms in total. The van der Waals surface area contributed by atoms with Gasteiger partial charge in [0.15, 0.2) is 0 Å². The SMILES string of the molecule is COc1ccc(NC2(C#N)Cc3ccc(Cl)cc3C2)cc1.